The molecular formula is C31H37BrN2O5S. The van der Waals surface area contributed by atoms with E-state index in [2.05, 4.69) is 26.9 Å². The van der Waals surface area contributed by atoms with Gasteiger partial charge >= 0.3 is 11.9 Å². The highest BCUT2D eigenvalue weighted by molar-refractivity contribution is 9.10. The summed E-state index contributed by atoms with van der Waals surface area (Å²) in [6, 6.07) is 9.61. The second-order valence-electron chi connectivity index (χ2n) is 11.6. The first-order chi connectivity index (χ1) is 19.1. The molecule has 0 unspecified atom stereocenters. The zero-order valence-corrected chi connectivity index (χ0v) is 25.8. The molecule has 1 aliphatic heterocycles. The standard InChI is InChI=1S/C31H37BrN2O5S/c1-21(35)38-27-6-4-5-24(15-27)30-13-14-34(18-23-7-8-23)20-31(30,39-22(2)36)12-11-26(17-30)33(3)29(37)10-9-28-16-25(32)19-40-28/h4-6,9-10,15-16,19,23,26H,7-8,11-14,17-18,20H2,1-3H3/b10-9+/t26-,30-,31-/m0/s1. The molecule has 3 aliphatic rings. The fourth-order valence-corrected chi connectivity index (χ4v) is 8.04. The van der Waals surface area contributed by atoms with Crippen molar-refractivity contribution in [1.29, 1.82) is 0 Å². The Morgan fingerprint density at radius 2 is 1.95 bits per heavy atom. The highest BCUT2D eigenvalue weighted by Gasteiger charge is 2.61. The van der Waals surface area contributed by atoms with Gasteiger partial charge in [0.2, 0.25) is 5.91 Å². The maximum Gasteiger partial charge on any atom is 0.308 e. The summed E-state index contributed by atoms with van der Waals surface area (Å²) in [5.41, 5.74) is -0.280. The number of esters is 2. The van der Waals surface area contributed by atoms with Gasteiger partial charge in [0.25, 0.3) is 0 Å². The molecular weight excluding hydrogens is 592 g/mol. The minimum absolute atomic E-state index is 0.0386. The van der Waals surface area contributed by atoms with Crippen molar-refractivity contribution >= 4 is 51.2 Å². The van der Waals surface area contributed by atoms with E-state index in [-0.39, 0.29) is 23.9 Å². The lowest BCUT2D eigenvalue weighted by molar-refractivity contribution is -0.190. The molecule has 1 amide bonds. The molecule has 1 aromatic carbocycles. The van der Waals surface area contributed by atoms with Crippen molar-refractivity contribution in [2.75, 3.05) is 26.7 Å². The van der Waals surface area contributed by atoms with E-state index in [9.17, 15) is 14.4 Å². The molecule has 3 fully saturated rings. The van der Waals surface area contributed by atoms with Gasteiger partial charge in [-0.15, -0.1) is 11.3 Å². The van der Waals surface area contributed by atoms with E-state index in [1.54, 1.807) is 23.5 Å². The highest BCUT2D eigenvalue weighted by Crippen LogP contribution is 2.55. The quantitative estimate of drug-likeness (QED) is 0.208. The summed E-state index contributed by atoms with van der Waals surface area (Å²) in [4.78, 5) is 43.0. The van der Waals surface area contributed by atoms with Crippen molar-refractivity contribution in [3.8, 4) is 5.75 Å². The van der Waals surface area contributed by atoms with Crippen molar-refractivity contribution in [3.05, 3.63) is 56.7 Å². The number of halogens is 1. The predicted molar refractivity (Wildman–Crippen MR) is 159 cm³/mol. The van der Waals surface area contributed by atoms with E-state index in [4.69, 9.17) is 9.47 Å². The molecule has 0 bridgehead atoms. The van der Waals surface area contributed by atoms with Crippen LogP contribution in [0.15, 0.2) is 46.3 Å². The Labute approximate surface area is 248 Å². The van der Waals surface area contributed by atoms with E-state index in [1.165, 1.54) is 26.7 Å². The van der Waals surface area contributed by atoms with Crippen LogP contribution in [0.3, 0.4) is 0 Å². The lowest BCUT2D eigenvalue weighted by Gasteiger charge is -2.60. The third-order valence-electron chi connectivity index (χ3n) is 8.75. The van der Waals surface area contributed by atoms with E-state index >= 15 is 0 Å². The second kappa shape index (κ2) is 11.8. The number of ether oxygens (including phenoxy) is 2. The second-order valence-corrected chi connectivity index (χ2v) is 13.4. The summed E-state index contributed by atoms with van der Waals surface area (Å²) >= 11 is 5.04. The Balaban J connectivity index is 1.49. The largest absolute Gasteiger partial charge is 0.457 e. The molecule has 2 saturated carbocycles. The van der Waals surface area contributed by atoms with Gasteiger partial charge in [0.05, 0.1) is 0 Å². The zero-order valence-electron chi connectivity index (χ0n) is 23.4. The summed E-state index contributed by atoms with van der Waals surface area (Å²) in [7, 11) is 1.87. The first kappa shape index (κ1) is 29.0. The minimum Gasteiger partial charge on any atom is -0.457 e. The number of amides is 1. The zero-order chi connectivity index (χ0) is 28.5. The van der Waals surface area contributed by atoms with Crippen molar-refractivity contribution in [2.45, 2.75) is 69.4 Å². The molecule has 0 N–H and O–H groups in total. The van der Waals surface area contributed by atoms with E-state index in [1.807, 2.05) is 41.6 Å². The Morgan fingerprint density at radius 3 is 2.62 bits per heavy atom. The summed E-state index contributed by atoms with van der Waals surface area (Å²) in [5.74, 6) is 0.487. The predicted octanol–water partition coefficient (Wildman–Crippen LogP) is 5.82. The molecule has 2 heterocycles. The fraction of sp³-hybridized carbons (Fsp3) is 0.516. The number of likely N-dealkylation sites (tertiary alicyclic amines) is 1. The molecule has 0 radical (unpaired) electrons. The SMILES string of the molecule is CC(=O)Oc1cccc([C@@]23CCN(CC4CC4)C[C@@]2(OC(C)=O)CC[C@H](N(C)C(=O)/C=C/c2cc(Br)cs2)C3)c1. The molecule has 5 rings (SSSR count). The number of piperidine rings is 1. The number of carbonyl (C=O) groups is 3. The van der Waals surface area contributed by atoms with Crippen LogP contribution in [0.2, 0.25) is 0 Å². The van der Waals surface area contributed by atoms with Crippen molar-refractivity contribution in [1.82, 2.24) is 9.80 Å². The molecule has 1 aromatic heterocycles. The third-order valence-corrected chi connectivity index (χ3v) is 10.4. The molecule has 9 heteroatoms. The van der Waals surface area contributed by atoms with Crippen LogP contribution in [0.1, 0.15) is 62.8 Å². The summed E-state index contributed by atoms with van der Waals surface area (Å²) in [5, 5.41) is 1.99. The number of hydrogen-bond acceptors (Lipinski definition) is 7. The average molecular weight is 630 g/mol. The number of nitrogens with zero attached hydrogens (tertiary/aromatic N) is 2. The van der Waals surface area contributed by atoms with Crippen LogP contribution in [-0.2, 0) is 24.5 Å². The van der Waals surface area contributed by atoms with Gasteiger partial charge in [0.1, 0.15) is 11.4 Å². The van der Waals surface area contributed by atoms with Gasteiger partial charge in [-0.1, -0.05) is 12.1 Å². The van der Waals surface area contributed by atoms with Gasteiger partial charge in [-0.3, -0.25) is 19.3 Å². The highest BCUT2D eigenvalue weighted by atomic mass is 79.9. The molecule has 0 spiro atoms. The Kier molecular flexibility index (Phi) is 8.55. The number of likely N-dealkylation sites (N-methyl/N-ethyl adjacent to an activating group) is 1. The summed E-state index contributed by atoms with van der Waals surface area (Å²) < 4.78 is 12.9. The van der Waals surface area contributed by atoms with Crippen LogP contribution >= 0.6 is 27.3 Å². The van der Waals surface area contributed by atoms with Gasteiger partial charge in [-0.2, -0.15) is 0 Å². The molecule has 214 valence electrons. The van der Waals surface area contributed by atoms with Crippen molar-refractivity contribution in [3.63, 3.8) is 0 Å². The minimum atomic E-state index is -0.736. The lowest BCUT2D eigenvalue weighted by Crippen LogP contribution is -2.68. The number of benzene rings is 1. The van der Waals surface area contributed by atoms with Crippen LogP contribution < -0.4 is 4.74 Å². The molecule has 7 nitrogen and oxygen atoms in total. The van der Waals surface area contributed by atoms with Crippen LogP contribution in [0.25, 0.3) is 6.08 Å². The maximum atomic E-state index is 13.3. The molecule has 2 aliphatic carbocycles. The summed E-state index contributed by atoms with van der Waals surface area (Å²) in [6.45, 7) is 5.46. The molecule has 3 atom stereocenters. The third kappa shape index (κ3) is 6.21. The van der Waals surface area contributed by atoms with Gasteiger partial charge in [0.15, 0.2) is 0 Å². The Bertz CT molecular complexity index is 1310. The first-order valence-corrected chi connectivity index (χ1v) is 15.7. The van der Waals surface area contributed by atoms with Crippen LogP contribution in [0, 0.1) is 5.92 Å². The number of fused-ring (bicyclic) bond motifs is 1. The van der Waals surface area contributed by atoms with Gasteiger partial charge in [0, 0.05) is 66.2 Å². The van der Waals surface area contributed by atoms with E-state index in [0.717, 1.165) is 46.8 Å². The monoisotopic (exact) mass is 628 g/mol. The molecule has 2 aromatic rings. The van der Waals surface area contributed by atoms with Gasteiger partial charge in [-0.25, -0.2) is 0 Å². The fourth-order valence-electron chi connectivity index (χ4n) is 6.70. The molecule has 40 heavy (non-hydrogen) atoms. The topological polar surface area (TPSA) is 76.2 Å². The van der Waals surface area contributed by atoms with Gasteiger partial charge in [-0.05, 0) is 96.8 Å². The Hall–Kier alpha value is -2.49. The van der Waals surface area contributed by atoms with E-state index < -0.39 is 11.0 Å². The average Bonchev–Trinajstić information content (AvgIpc) is 3.62. The Morgan fingerprint density at radius 1 is 1.15 bits per heavy atom. The van der Waals surface area contributed by atoms with Crippen LogP contribution in [0.5, 0.6) is 5.75 Å². The van der Waals surface area contributed by atoms with Crippen molar-refractivity contribution in [2.24, 2.45) is 5.92 Å². The summed E-state index contributed by atoms with van der Waals surface area (Å²) in [6.07, 6.45) is 8.84. The smallest absolute Gasteiger partial charge is 0.308 e. The van der Waals surface area contributed by atoms with Crippen LogP contribution in [0.4, 0.5) is 0 Å². The molecule has 1 saturated heterocycles. The number of carbonyl (C=O) groups excluding carboxylic acids is 3. The first-order valence-electron chi connectivity index (χ1n) is 14.0. The number of thiophene rings is 1. The lowest BCUT2D eigenvalue weighted by atomic mass is 9.55. The van der Waals surface area contributed by atoms with Crippen LogP contribution in [-0.4, -0.2) is 66.0 Å². The van der Waals surface area contributed by atoms with Gasteiger partial charge < -0.3 is 14.4 Å². The normalized spacial score (nSPS) is 26.8. The maximum absolute atomic E-state index is 13.3. The van der Waals surface area contributed by atoms with E-state index in [0.29, 0.717) is 25.1 Å². The van der Waals surface area contributed by atoms with Crippen molar-refractivity contribution < 1.29 is 23.9 Å². The number of hydrogen-bond donors (Lipinski definition) is 0. The number of rotatable bonds is 8.